The predicted octanol–water partition coefficient (Wildman–Crippen LogP) is 5.02. The number of ether oxygens (including phenoxy) is 1. The number of halogens is 4. The number of rotatable bonds is 4. The number of nitrogens with zero attached hydrogens (tertiary/aromatic N) is 3. The third-order valence-corrected chi connectivity index (χ3v) is 3.39. The van der Waals surface area contributed by atoms with E-state index in [-0.39, 0.29) is 23.3 Å². The van der Waals surface area contributed by atoms with Crippen molar-refractivity contribution in [3.63, 3.8) is 0 Å². The molecule has 0 aliphatic carbocycles. The lowest BCUT2D eigenvalue weighted by atomic mass is 10.3. The van der Waals surface area contributed by atoms with Crippen LogP contribution in [0.1, 0.15) is 13.8 Å². The van der Waals surface area contributed by atoms with Gasteiger partial charge in [0.05, 0.1) is 26.9 Å². The van der Waals surface area contributed by atoms with Gasteiger partial charge in [-0.05, 0) is 37.6 Å². The van der Waals surface area contributed by atoms with Crippen LogP contribution in [0.15, 0.2) is 12.1 Å². The first kappa shape index (κ1) is 16.4. The lowest BCUT2D eigenvalue weighted by Crippen LogP contribution is -2.10. The van der Waals surface area contributed by atoms with E-state index in [1.54, 1.807) is 6.07 Å². The van der Waals surface area contributed by atoms with Gasteiger partial charge in [0.25, 0.3) is 0 Å². The Morgan fingerprint density at radius 2 is 1.62 bits per heavy atom. The molecule has 0 spiro atoms. The van der Waals surface area contributed by atoms with E-state index >= 15 is 0 Å². The molecule has 112 valence electrons. The number of anilines is 2. The Morgan fingerprint density at radius 1 is 0.952 bits per heavy atom. The summed E-state index contributed by atoms with van der Waals surface area (Å²) in [6.45, 7) is 3.70. The van der Waals surface area contributed by atoms with Crippen molar-refractivity contribution >= 4 is 58.0 Å². The molecule has 0 bridgehead atoms. The number of hydrogen-bond acceptors (Lipinski definition) is 5. The van der Waals surface area contributed by atoms with Crippen LogP contribution in [0.5, 0.6) is 6.01 Å². The Morgan fingerprint density at radius 3 is 2.29 bits per heavy atom. The van der Waals surface area contributed by atoms with Crippen molar-refractivity contribution in [3.05, 3.63) is 32.5 Å². The van der Waals surface area contributed by atoms with Gasteiger partial charge < -0.3 is 10.1 Å². The standard InChI is InChI=1S/C12H10Cl4N4O/c1-5(2)21-12-19-10(16)18-11(20-12)17-9-4-7(14)6(13)3-8(9)15/h3-5H,1-2H3,(H,17,18,19,20). The molecule has 21 heavy (non-hydrogen) atoms. The molecule has 2 rings (SSSR count). The van der Waals surface area contributed by atoms with Crippen molar-refractivity contribution in [2.45, 2.75) is 20.0 Å². The van der Waals surface area contributed by atoms with Crippen molar-refractivity contribution in [1.29, 1.82) is 0 Å². The Labute approximate surface area is 141 Å². The molecule has 0 aliphatic rings. The van der Waals surface area contributed by atoms with E-state index in [2.05, 4.69) is 20.3 Å². The number of hydrogen-bond donors (Lipinski definition) is 1. The second kappa shape index (κ2) is 6.83. The summed E-state index contributed by atoms with van der Waals surface area (Å²) in [5, 5.41) is 3.96. The molecular weight excluding hydrogens is 358 g/mol. The molecule has 0 aliphatic heterocycles. The van der Waals surface area contributed by atoms with Crippen molar-refractivity contribution in [2.75, 3.05) is 5.32 Å². The van der Waals surface area contributed by atoms with Gasteiger partial charge in [0.1, 0.15) is 0 Å². The minimum absolute atomic E-state index is 0.000618. The molecule has 0 unspecified atom stereocenters. The summed E-state index contributed by atoms with van der Waals surface area (Å²) in [6, 6.07) is 3.19. The maximum atomic E-state index is 6.07. The van der Waals surface area contributed by atoms with Gasteiger partial charge in [-0.25, -0.2) is 0 Å². The van der Waals surface area contributed by atoms with E-state index < -0.39 is 0 Å². The zero-order chi connectivity index (χ0) is 15.6. The highest BCUT2D eigenvalue weighted by Gasteiger charge is 2.11. The molecule has 1 aromatic heterocycles. The van der Waals surface area contributed by atoms with Gasteiger partial charge in [-0.15, -0.1) is 0 Å². The monoisotopic (exact) mass is 366 g/mol. The first-order valence-electron chi connectivity index (χ1n) is 5.85. The SMILES string of the molecule is CC(C)Oc1nc(Cl)nc(Nc2cc(Cl)c(Cl)cc2Cl)n1. The van der Waals surface area contributed by atoms with Crippen LogP contribution in [-0.2, 0) is 0 Å². The van der Waals surface area contributed by atoms with E-state index in [4.69, 9.17) is 51.1 Å². The van der Waals surface area contributed by atoms with E-state index in [0.717, 1.165) is 0 Å². The van der Waals surface area contributed by atoms with Crippen molar-refractivity contribution in [3.8, 4) is 6.01 Å². The molecule has 9 heteroatoms. The Kier molecular flexibility index (Phi) is 5.32. The fourth-order valence-corrected chi connectivity index (χ4v) is 2.14. The van der Waals surface area contributed by atoms with Crippen LogP contribution in [0.3, 0.4) is 0 Å². The highest BCUT2D eigenvalue weighted by Crippen LogP contribution is 2.33. The van der Waals surface area contributed by atoms with Gasteiger partial charge in [-0.1, -0.05) is 34.8 Å². The first-order valence-corrected chi connectivity index (χ1v) is 7.36. The van der Waals surface area contributed by atoms with Gasteiger partial charge in [-0.3, -0.25) is 0 Å². The summed E-state index contributed by atoms with van der Waals surface area (Å²) >= 11 is 23.7. The summed E-state index contributed by atoms with van der Waals surface area (Å²) in [7, 11) is 0. The van der Waals surface area contributed by atoms with Crippen LogP contribution in [0.2, 0.25) is 20.4 Å². The Hall–Kier alpha value is -1.01. The Balaban J connectivity index is 2.31. The van der Waals surface area contributed by atoms with E-state index in [1.165, 1.54) is 6.07 Å². The van der Waals surface area contributed by atoms with Gasteiger partial charge in [-0.2, -0.15) is 15.0 Å². The summed E-state index contributed by atoms with van der Waals surface area (Å²) in [5.41, 5.74) is 0.490. The van der Waals surface area contributed by atoms with Crippen LogP contribution in [0.25, 0.3) is 0 Å². The highest BCUT2D eigenvalue weighted by molar-refractivity contribution is 6.44. The van der Waals surface area contributed by atoms with E-state index in [1.807, 2.05) is 13.8 Å². The molecule has 0 saturated carbocycles. The number of benzene rings is 1. The van der Waals surface area contributed by atoms with Gasteiger partial charge in [0, 0.05) is 0 Å². The summed E-state index contributed by atoms with van der Waals surface area (Å²) in [4.78, 5) is 11.9. The summed E-state index contributed by atoms with van der Waals surface area (Å²) in [6.07, 6.45) is -0.0927. The maximum absolute atomic E-state index is 6.07. The fraction of sp³-hybridized carbons (Fsp3) is 0.250. The van der Waals surface area contributed by atoms with Crippen molar-refractivity contribution in [1.82, 2.24) is 15.0 Å². The number of aromatic nitrogens is 3. The van der Waals surface area contributed by atoms with E-state index in [9.17, 15) is 0 Å². The van der Waals surface area contributed by atoms with E-state index in [0.29, 0.717) is 20.8 Å². The normalized spacial score (nSPS) is 10.8. The lowest BCUT2D eigenvalue weighted by molar-refractivity contribution is 0.222. The molecule has 0 amide bonds. The second-order valence-electron chi connectivity index (χ2n) is 4.25. The molecule has 1 aromatic carbocycles. The molecule has 0 radical (unpaired) electrons. The third kappa shape index (κ3) is 4.48. The summed E-state index contributed by atoms with van der Waals surface area (Å²) in [5.74, 6) is 0.186. The van der Waals surface area contributed by atoms with Gasteiger partial charge >= 0.3 is 6.01 Å². The van der Waals surface area contributed by atoms with Crippen molar-refractivity contribution < 1.29 is 4.74 Å². The molecular formula is C12H10Cl4N4O. The largest absolute Gasteiger partial charge is 0.461 e. The molecule has 1 heterocycles. The van der Waals surface area contributed by atoms with Gasteiger partial charge in [0.2, 0.25) is 11.2 Å². The van der Waals surface area contributed by atoms with Gasteiger partial charge in [0.15, 0.2) is 0 Å². The average Bonchev–Trinajstić information content (AvgIpc) is 2.34. The van der Waals surface area contributed by atoms with Crippen molar-refractivity contribution in [2.24, 2.45) is 0 Å². The molecule has 5 nitrogen and oxygen atoms in total. The smallest absolute Gasteiger partial charge is 0.322 e. The summed E-state index contributed by atoms with van der Waals surface area (Å²) < 4.78 is 5.38. The molecule has 1 N–H and O–H groups in total. The van der Waals surface area contributed by atoms with Crippen LogP contribution in [0, 0.1) is 0 Å². The molecule has 0 fully saturated rings. The minimum atomic E-state index is -0.0927. The molecule has 0 saturated heterocycles. The fourth-order valence-electron chi connectivity index (χ4n) is 1.39. The van der Waals surface area contributed by atoms with Crippen LogP contribution in [0.4, 0.5) is 11.6 Å². The molecule has 2 aromatic rings. The third-order valence-electron chi connectivity index (χ3n) is 2.19. The maximum Gasteiger partial charge on any atom is 0.322 e. The highest BCUT2D eigenvalue weighted by atomic mass is 35.5. The van der Waals surface area contributed by atoms with Crippen LogP contribution < -0.4 is 10.1 Å². The zero-order valence-corrected chi connectivity index (χ0v) is 14.0. The average molecular weight is 368 g/mol. The lowest BCUT2D eigenvalue weighted by Gasteiger charge is -2.11. The van der Waals surface area contributed by atoms with Crippen LogP contribution >= 0.6 is 46.4 Å². The topological polar surface area (TPSA) is 59.9 Å². The van der Waals surface area contributed by atoms with Crippen LogP contribution in [-0.4, -0.2) is 21.1 Å². The first-order chi connectivity index (χ1) is 9.85. The molecule has 0 atom stereocenters. The quantitative estimate of drug-likeness (QED) is 0.769. The minimum Gasteiger partial charge on any atom is -0.461 e. The number of nitrogens with one attached hydrogen (secondary N) is 1. The zero-order valence-electron chi connectivity index (χ0n) is 11.0. The second-order valence-corrected chi connectivity index (χ2v) is 5.81. The predicted molar refractivity (Wildman–Crippen MR) is 85.4 cm³/mol. The Bertz CT molecular complexity index is 666.